The van der Waals surface area contributed by atoms with Gasteiger partial charge in [-0.25, -0.2) is 0 Å². The van der Waals surface area contributed by atoms with Crippen molar-refractivity contribution in [2.45, 2.75) is 25.2 Å². The molecule has 0 aromatic heterocycles. The van der Waals surface area contributed by atoms with Crippen molar-refractivity contribution in [3.05, 3.63) is 29.8 Å². The quantitative estimate of drug-likeness (QED) is 0.892. The lowest BCUT2D eigenvalue weighted by molar-refractivity contribution is -0.132. The average molecular weight is 331 g/mol. The molecule has 0 unspecified atom stereocenters. The molecule has 2 heterocycles. The van der Waals surface area contributed by atoms with E-state index in [1.54, 1.807) is 7.11 Å². The molecule has 1 N–H and O–H groups in total. The third-order valence-corrected chi connectivity index (χ3v) is 5.26. The molecule has 0 saturated carbocycles. The zero-order valence-corrected chi connectivity index (χ0v) is 14.7. The molecule has 132 valence electrons. The zero-order chi connectivity index (χ0) is 16.8. The molecule has 1 aromatic rings. The van der Waals surface area contributed by atoms with E-state index < -0.39 is 0 Å². The van der Waals surface area contributed by atoms with Crippen LogP contribution in [0.3, 0.4) is 0 Å². The first-order valence-electron chi connectivity index (χ1n) is 9.11. The molecule has 2 saturated heterocycles. The van der Waals surface area contributed by atoms with E-state index in [0.29, 0.717) is 18.2 Å². The third-order valence-electron chi connectivity index (χ3n) is 5.26. The fraction of sp³-hybridized carbons (Fsp3) is 0.632. The lowest BCUT2D eigenvalue weighted by atomic mass is 9.89. The number of hydrogen-bond acceptors (Lipinski definition) is 4. The van der Waals surface area contributed by atoms with Crippen molar-refractivity contribution in [3.63, 3.8) is 0 Å². The lowest BCUT2D eigenvalue weighted by Gasteiger charge is -2.33. The van der Waals surface area contributed by atoms with E-state index in [1.165, 1.54) is 5.56 Å². The maximum atomic E-state index is 12.3. The van der Waals surface area contributed by atoms with Crippen LogP contribution in [0.4, 0.5) is 0 Å². The van der Waals surface area contributed by atoms with Gasteiger partial charge in [0.25, 0.3) is 0 Å². The van der Waals surface area contributed by atoms with Crippen molar-refractivity contribution in [2.24, 2.45) is 0 Å². The Morgan fingerprint density at radius 2 is 1.96 bits per heavy atom. The van der Waals surface area contributed by atoms with E-state index >= 15 is 0 Å². The number of nitrogens with one attached hydrogen (secondary N) is 1. The number of carbonyl (C=O) groups is 1. The van der Waals surface area contributed by atoms with Gasteiger partial charge in [0, 0.05) is 39.1 Å². The Morgan fingerprint density at radius 3 is 2.67 bits per heavy atom. The smallest absolute Gasteiger partial charge is 0.223 e. The Balaban J connectivity index is 1.42. The minimum absolute atomic E-state index is 0.311. The molecule has 2 aliphatic heterocycles. The summed E-state index contributed by atoms with van der Waals surface area (Å²) in [7, 11) is 1.72. The largest absolute Gasteiger partial charge is 0.497 e. The highest BCUT2D eigenvalue weighted by molar-refractivity contribution is 5.76. The highest BCUT2D eigenvalue weighted by atomic mass is 16.5. The van der Waals surface area contributed by atoms with Crippen LogP contribution in [0.15, 0.2) is 24.3 Å². The first-order chi connectivity index (χ1) is 11.8. The van der Waals surface area contributed by atoms with Gasteiger partial charge in [0.05, 0.1) is 7.11 Å². The molecule has 5 heteroatoms. The molecular weight excluding hydrogens is 302 g/mol. The van der Waals surface area contributed by atoms with Gasteiger partial charge >= 0.3 is 0 Å². The molecule has 0 spiro atoms. The summed E-state index contributed by atoms with van der Waals surface area (Å²) in [6, 6.07) is 8.44. The van der Waals surface area contributed by atoms with E-state index in [1.807, 2.05) is 11.0 Å². The van der Waals surface area contributed by atoms with Gasteiger partial charge in [0.15, 0.2) is 0 Å². The Kier molecular flexibility index (Phi) is 6.10. The number of likely N-dealkylation sites (tertiary alicyclic amines) is 1. The minimum atomic E-state index is 0.311. The molecule has 0 bridgehead atoms. The molecule has 0 atom stereocenters. The second kappa shape index (κ2) is 8.49. The van der Waals surface area contributed by atoms with Crippen molar-refractivity contribution in [2.75, 3.05) is 52.9 Å². The minimum Gasteiger partial charge on any atom is -0.497 e. The molecule has 1 aromatic carbocycles. The van der Waals surface area contributed by atoms with Crippen molar-refractivity contribution >= 4 is 5.91 Å². The van der Waals surface area contributed by atoms with Crippen LogP contribution >= 0.6 is 0 Å². The van der Waals surface area contributed by atoms with Gasteiger partial charge in [0.2, 0.25) is 5.91 Å². The number of ether oxygens (including phenoxy) is 1. The zero-order valence-electron chi connectivity index (χ0n) is 14.7. The highest BCUT2D eigenvalue weighted by Crippen LogP contribution is 2.30. The fourth-order valence-electron chi connectivity index (χ4n) is 3.71. The van der Waals surface area contributed by atoms with Crippen molar-refractivity contribution < 1.29 is 9.53 Å². The second-order valence-corrected chi connectivity index (χ2v) is 6.77. The molecule has 3 rings (SSSR count). The van der Waals surface area contributed by atoms with Crippen LogP contribution in [-0.2, 0) is 4.79 Å². The maximum absolute atomic E-state index is 12.3. The number of amides is 1. The molecule has 0 aliphatic carbocycles. The highest BCUT2D eigenvalue weighted by Gasteiger charge is 2.22. The number of nitrogens with zero attached hydrogens (tertiary/aromatic N) is 2. The number of carbonyl (C=O) groups excluding carboxylic acids is 1. The van der Waals surface area contributed by atoms with Crippen LogP contribution < -0.4 is 10.1 Å². The standard InChI is InChI=1S/C19H29N3O2/c1-24-18-4-2-3-17(15-18)16-5-10-21(11-6-16)12-7-19(23)22-13-8-20-9-14-22/h2-4,15-16,20H,5-14H2,1H3. The van der Waals surface area contributed by atoms with Gasteiger partial charge in [0.1, 0.15) is 5.75 Å². The first-order valence-corrected chi connectivity index (χ1v) is 9.11. The predicted molar refractivity (Wildman–Crippen MR) is 95.5 cm³/mol. The van der Waals surface area contributed by atoms with Crippen LogP contribution in [0.25, 0.3) is 0 Å². The van der Waals surface area contributed by atoms with Crippen LogP contribution in [0.2, 0.25) is 0 Å². The van der Waals surface area contributed by atoms with Gasteiger partial charge in [-0.15, -0.1) is 0 Å². The number of piperidine rings is 1. The van der Waals surface area contributed by atoms with E-state index in [9.17, 15) is 4.79 Å². The van der Waals surface area contributed by atoms with E-state index in [0.717, 1.165) is 64.4 Å². The predicted octanol–water partition coefficient (Wildman–Crippen LogP) is 1.70. The Morgan fingerprint density at radius 1 is 1.21 bits per heavy atom. The number of hydrogen-bond donors (Lipinski definition) is 1. The van der Waals surface area contributed by atoms with Crippen molar-refractivity contribution in [1.29, 1.82) is 0 Å². The van der Waals surface area contributed by atoms with Crippen LogP contribution in [-0.4, -0.2) is 68.6 Å². The van der Waals surface area contributed by atoms with Gasteiger partial charge in [-0.3, -0.25) is 4.79 Å². The molecule has 24 heavy (non-hydrogen) atoms. The van der Waals surface area contributed by atoms with Gasteiger partial charge < -0.3 is 19.9 Å². The summed E-state index contributed by atoms with van der Waals surface area (Å²) >= 11 is 0. The molecule has 5 nitrogen and oxygen atoms in total. The molecule has 1 amide bonds. The summed E-state index contributed by atoms with van der Waals surface area (Å²) in [6.45, 7) is 6.63. The van der Waals surface area contributed by atoms with Crippen molar-refractivity contribution in [3.8, 4) is 5.75 Å². The molecule has 2 aliphatic rings. The Hall–Kier alpha value is -1.59. The lowest BCUT2D eigenvalue weighted by Crippen LogP contribution is -2.47. The SMILES string of the molecule is COc1cccc(C2CCN(CCC(=O)N3CCNCC3)CC2)c1. The molecular formula is C19H29N3O2. The van der Waals surface area contributed by atoms with Gasteiger partial charge in [-0.05, 0) is 49.5 Å². The second-order valence-electron chi connectivity index (χ2n) is 6.77. The van der Waals surface area contributed by atoms with Crippen LogP contribution in [0.5, 0.6) is 5.75 Å². The number of benzene rings is 1. The van der Waals surface area contributed by atoms with Crippen LogP contribution in [0, 0.1) is 0 Å². The van der Waals surface area contributed by atoms with Gasteiger partial charge in [-0.2, -0.15) is 0 Å². The topological polar surface area (TPSA) is 44.8 Å². The summed E-state index contributed by atoms with van der Waals surface area (Å²) < 4.78 is 5.33. The summed E-state index contributed by atoms with van der Waals surface area (Å²) in [5.41, 5.74) is 1.38. The maximum Gasteiger partial charge on any atom is 0.223 e. The third kappa shape index (κ3) is 4.48. The summed E-state index contributed by atoms with van der Waals surface area (Å²) in [5, 5.41) is 3.29. The Labute approximate surface area is 145 Å². The fourth-order valence-corrected chi connectivity index (χ4v) is 3.71. The first kappa shape index (κ1) is 17.2. The molecule has 2 fully saturated rings. The summed E-state index contributed by atoms with van der Waals surface area (Å²) in [5.74, 6) is 1.86. The number of methoxy groups -OCH3 is 1. The average Bonchev–Trinajstić information content (AvgIpc) is 2.67. The number of piperazine rings is 1. The summed E-state index contributed by atoms with van der Waals surface area (Å²) in [6.07, 6.45) is 2.98. The number of rotatable bonds is 5. The van der Waals surface area contributed by atoms with E-state index in [4.69, 9.17) is 4.74 Å². The summed E-state index contributed by atoms with van der Waals surface area (Å²) in [4.78, 5) is 16.7. The van der Waals surface area contributed by atoms with E-state index in [-0.39, 0.29) is 0 Å². The monoisotopic (exact) mass is 331 g/mol. The normalized spacial score (nSPS) is 20.1. The van der Waals surface area contributed by atoms with Gasteiger partial charge in [-0.1, -0.05) is 12.1 Å². The molecule has 0 radical (unpaired) electrons. The Bertz CT molecular complexity index is 535. The van der Waals surface area contributed by atoms with Crippen LogP contribution in [0.1, 0.15) is 30.7 Å². The van der Waals surface area contributed by atoms with E-state index in [2.05, 4.69) is 28.4 Å². The van der Waals surface area contributed by atoms with Crippen molar-refractivity contribution in [1.82, 2.24) is 15.1 Å².